The largest absolute Gasteiger partial charge is 0.322 e. The molecule has 3 rings (SSSR count). The van der Waals surface area contributed by atoms with Crippen molar-refractivity contribution in [3.8, 4) is 0 Å². The average molecular weight is 354 g/mol. The summed E-state index contributed by atoms with van der Waals surface area (Å²) in [6.45, 7) is 9.61. The molecule has 1 aliphatic rings. The molecule has 1 aliphatic heterocycles. The van der Waals surface area contributed by atoms with Gasteiger partial charge in [0.2, 0.25) is 0 Å². The van der Waals surface area contributed by atoms with Crippen LogP contribution in [0, 0.1) is 0 Å². The minimum atomic E-state index is 0.118. The molecule has 0 aliphatic carbocycles. The van der Waals surface area contributed by atoms with E-state index in [-0.39, 0.29) is 16.7 Å². The predicted molar refractivity (Wildman–Crippen MR) is 107 cm³/mol. The van der Waals surface area contributed by atoms with Crippen LogP contribution in [-0.2, 0) is 11.8 Å². The van der Waals surface area contributed by atoms with Crippen molar-refractivity contribution >= 4 is 17.7 Å². The van der Waals surface area contributed by atoms with Crippen LogP contribution in [0.15, 0.2) is 48.5 Å². The van der Waals surface area contributed by atoms with Gasteiger partial charge in [-0.25, -0.2) is 0 Å². The van der Waals surface area contributed by atoms with Gasteiger partial charge in [-0.15, -0.1) is 11.8 Å². The zero-order valence-corrected chi connectivity index (χ0v) is 16.4. The van der Waals surface area contributed by atoms with Crippen LogP contribution in [-0.4, -0.2) is 23.1 Å². The van der Waals surface area contributed by atoms with E-state index in [0.29, 0.717) is 0 Å². The summed E-state index contributed by atoms with van der Waals surface area (Å²) in [5.74, 6) is 1.13. The fourth-order valence-electron chi connectivity index (χ4n) is 3.15. The Morgan fingerprint density at radius 1 is 1.08 bits per heavy atom. The van der Waals surface area contributed by atoms with Gasteiger partial charge in [-0.3, -0.25) is 4.79 Å². The maximum absolute atomic E-state index is 13.0. The number of thioether (sulfide) groups is 1. The Morgan fingerprint density at radius 3 is 2.28 bits per heavy atom. The molecule has 1 saturated heterocycles. The second kappa shape index (κ2) is 7.25. The number of nitrogens with zero attached hydrogens (tertiary/aromatic N) is 1. The first-order valence-electron chi connectivity index (χ1n) is 9.02. The fraction of sp³-hybridized carbons (Fsp3) is 0.409. The third kappa shape index (κ3) is 3.92. The van der Waals surface area contributed by atoms with Crippen molar-refractivity contribution in [2.45, 2.75) is 44.9 Å². The average Bonchev–Trinajstić information content (AvgIpc) is 3.10. The van der Waals surface area contributed by atoms with Crippen LogP contribution in [0.25, 0.3) is 0 Å². The van der Waals surface area contributed by atoms with Gasteiger partial charge in [-0.05, 0) is 40.7 Å². The summed E-state index contributed by atoms with van der Waals surface area (Å²) < 4.78 is 0. The van der Waals surface area contributed by atoms with Gasteiger partial charge in [-0.1, -0.05) is 64.1 Å². The summed E-state index contributed by atoms with van der Waals surface area (Å²) in [5.41, 5.74) is 4.75. The highest BCUT2D eigenvalue weighted by Crippen LogP contribution is 2.39. The zero-order valence-electron chi connectivity index (χ0n) is 15.6. The van der Waals surface area contributed by atoms with E-state index in [1.165, 1.54) is 16.7 Å². The van der Waals surface area contributed by atoms with E-state index >= 15 is 0 Å². The third-order valence-electron chi connectivity index (χ3n) is 4.82. The van der Waals surface area contributed by atoms with Crippen LogP contribution in [0.5, 0.6) is 0 Å². The van der Waals surface area contributed by atoms with Gasteiger partial charge in [0.15, 0.2) is 0 Å². The van der Waals surface area contributed by atoms with E-state index in [0.717, 1.165) is 24.3 Å². The van der Waals surface area contributed by atoms with Crippen molar-refractivity contribution in [1.29, 1.82) is 0 Å². The van der Waals surface area contributed by atoms with Crippen LogP contribution >= 0.6 is 11.8 Å². The number of carbonyl (C=O) groups is 1. The predicted octanol–water partition coefficient (Wildman–Crippen LogP) is 5.43. The lowest BCUT2D eigenvalue weighted by Gasteiger charge is -2.25. The highest BCUT2D eigenvalue weighted by atomic mass is 32.2. The third-order valence-corrected chi connectivity index (χ3v) is 6.08. The van der Waals surface area contributed by atoms with Gasteiger partial charge in [0.1, 0.15) is 5.37 Å². The molecule has 0 aromatic heterocycles. The summed E-state index contributed by atoms with van der Waals surface area (Å²) in [7, 11) is 0. The van der Waals surface area contributed by atoms with Crippen molar-refractivity contribution in [2.75, 3.05) is 12.3 Å². The van der Waals surface area contributed by atoms with Gasteiger partial charge >= 0.3 is 0 Å². The van der Waals surface area contributed by atoms with Crippen LogP contribution < -0.4 is 0 Å². The highest BCUT2D eigenvalue weighted by Gasteiger charge is 2.31. The van der Waals surface area contributed by atoms with Crippen LogP contribution in [0.4, 0.5) is 0 Å². The van der Waals surface area contributed by atoms with Crippen molar-refractivity contribution in [1.82, 2.24) is 4.90 Å². The van der Waals surface area contributed by atoms with E-state index in [2.05, 4.69) is 64.1 Å². The molecular formula is C22H27NOS. The fourth-order valence-corrected chi connectivity index (χ4v) is 4.41. The van der Waals surface area contributed by atoms with E-state index < -0.39 is 0 Å². The molecule has 0 bridgehead atoms. The molecule has 3 heteroatoms. The molecule has 1 heterocycles. The quantitative estimate of drug-likeness (QED) is 0.733. The molecule has 0 N–H and O–H groups in total. The molecule has 0 saturated carbocycles. The van der Waals surface area contributed by atoms with E-state index in [1.54, 1.807) is 0 Å². The van der Waals surface area contributed by atoms with Gasteiger partial charge in [0.25, 0.3) is 5.91 Å². The summed E-state index contributed by atoms with van der Waals surface area (Å²) in [5, 5.41) is 0.118. The highest BCUT2D eigenvalue weighted by molar-refractivity contribution is 7.99. The summed E-state index contributed by atoms with van der Waals surface area (Å²) in [4.78, 5) is 15.0. The number of amides is 1. The van der Waals surface area contributed by atoms with E-state index in [9.17, 15) is 4.79 Å². The lowest BCUT2D eigenvalue weighted by Crippen LogP contribution is -2.30. The maximum Gasteiger partial charge on any atom is 0.255 e. The molecule has 0 radical (unpaired) electrons. The second-order valence-corrected chi connectivity index (χ2v) is 8.83. The molecule has 1 amide bonds. The van der Waals surface area contributed by atoms with Gasteiger partial charge in [0.05, 0.1) is 0 Å². The van der Waals surface area contributed by atoms with Crippen LogP contribution in [0.2, 0.25) is 0 Å². The normalized spacial score (nSPS) is 17.8. The van der Waals surface area contributed by atoms with Crippen molar-refractivity contribution in [2.24, 2.45) is 0 Å². The van der Waals surface area contributed by atoms with Gasteiger partial charge in [0, 0.05) is 17.9 Å². The Morgan fingerprint density at radius 2 is 1.72 bits per heavy atom. The minimum Gasteiger partial charge on any atom is -0.322 e. The minimum absolute atomic E-state index is 0.118. The maximum atomic E-state index is 13.0. The number of hydrogen-bond acceptors (Lipinski definition) is 2. The van der Waals surface area contributed by atoms with Crippen molar-refractivity contribution in [3.05, 3.63) is 70.8 Å². The molecule has 0 spiro atoms. The first-order chi connectivity index (χ1) is 11.9. The molecule has 25 heavy (non-hydrogen) atoms. The van der Waals surface area contributed by atoms with Gasteiger partial charge in [-0.2, -0.15) is 0 Å². The van der Waals surface area contributed by atoms with Crippen molar-refractivity contribution in [3.63, 3.8) is 0 Å². The molecule has 132 valence electrons. The first-order valence-corrected chi connectivity index (χ1v) is 10.1. The van der Waals surface area contributed by atoms with E-state index in [1.807, 2.05) is 28.8 Å². The van der Waals surface area contributed by atoms with Crippen molar-refractivity contribution < 1.29 is 4.79 Å². The Bertz CT molecular complexity index is 728. The SMILES string of the molecule is CCc1ccc(C(=O)N2CCSC2c2ccc(C(C)(C)C)cc2)cc1. The lowest BCUT2D eigenvalue weighted by atomic mass is 9.86. The summed E-state index contributed by atoms with van der Waals surface area (Å²) in [6, 6.07) is 16.8. The Hall–Kier alpha value is -1.74. The number of aryl methyl sites for hydroxylation is 1. The number of rotatable bonds is 3. The number of carbonyl (C=O) groups excluding carboxylic acids is 1. The molecule has 1 unspecified atom stereocenters. The topological polar surface area (TPSA) is 20.3 Å². The molecule has 1 atom stereocenters. The zero-order chi connectivity index (χ0) is 18.0. The molecule has 2 nitrogen and oxygen atoms in total. The Labute approximate surface area is 155 Å². The first kappa shape index (κ1) is 18.1. The van der Waals surface area contributed by atoms with Crippen LogP contribution in [0.1, 0.15) is 60.1 Å². The summed E-state index contributed by atoms with van der Waals surface area (Å²) >= 11 is 1.85. The lowest BCUT2D eigenvalue weighted by molar-refractivity contribution is 0.0760. The standard InChI is InChI=1S/C22H27NOS/c1-5-16-6-8-17(9-7-16)20(24)23-14-15-25-21(23)18-10-12-19(13-11-18)22(2,3)4/h6-13,21H,5,14-15H2,1-4H3. The molecule has 2 aromatic carbocycles. The van der Waals surface area contributed by atoms with E-state index in [4.69, 9.17) is 0 Å². The van der Waals surface area contributed by atoms with Gasteiger partial charge < -0.3 is 4.90 Å². The molecular weight excluding hydrogens is 326 g/mol. The Balaban J connectivity index is 1.81. The second-order valence-electron chi connectivity index (χ2n) is 7.64. The monoisotopic (exact) mass is 353 g/mol. The summed E-state index contributed by atoms with van der Waals surface area (Å²) in [6.07, 6.45) is 0.997. The van der Waals surface area contributed by atoms with Crippen LogP contribution in [0.3, 0.4) is 0 Å². The Kier molecular flexibility index (Phi) is 5.24. The molecule has 2 aromatic rings. The number of hydrogen-bond donors (Lipinski definition) is 0. The number of benzene rings is 2. The smallest absolute Gasteiger partial charge is 0.255 e. The molecule has 1 fully saturated rings.